The predicted molar refractivity (Wildman–Crippen MR) is 67.9 cm³/mol. The first-order valence-corrected chi connectivity index (χ1v) is 6.04. The SMILES string of the molecule is CCC(CC)C(=O)c1cc(OC)c(OC)cc1F. The third-order valence-corrected chi connectivity index (χ3v) is 3.10. The van der Waals surface area contributed by atoms with Crippen LogP contribution in [0.2, 0.25) is 0 Å². The molecule has 0 atom stereocenters. The summed E-state index contributed by atoms with van der Waals surface area (Å²) < 4.78 is 24.0. The molecule has 1 aromatic rings. The molecule has 0 bridgehead atoms. The lowest BCUT2D eigenvalue weighted by molar-refractivity contribution is 0.0908. The maximum absolute atomic E-state index is 13.9. The molecule has 1 aromatic carbocycles. The molecular weight excluding hydrogens is 235 g/mol. The topological polar surface area (TPSA) is 35.5 Å². The van der Waals surface area contributed by atoms with Gasteiger partial charge in [0.2, 0.25) is 0 Å². The van der Waals surface area contributed by atoms with E-state index in [-0.39, 0.29) is 23.0 Å². The third-order valence-electron chi connectivity index (χ3n) is 3.10. The maximum Gasteiger partial charge on any atom is 0.169 e. The van der Waals surface area contributed by atoms with E-state index < -0.39 is 5.82 Å². The monoisotopic (exact) mass is 254 g/mol. The van der Waals surface area contributed by atoms with Gasteiger partial charge in [-0.1, -0.05) is 13.8 Å². The Bertz CT molecular complexity index is 425. The number of benzene rings is 1. The van der Waals surface area contributed by atoms with Crippen molar-refractivity contribution in [1.82, 2.24) is 0 Å². The Kier molecular flexibility index (Phi) is 5.13. The van der Waals surface area contributed by atoms with E-state index in [1.165, 1.54) is 26.4 Å². The molecule has 0 aliphatic carbocycles. The lowest BCUT2D eigenvalue weighted by Gasteiger charge is -2.14. The number of Topliss-reactive ketones (excluding diaryl/α,β-unsaturated/α-hetero) is 1. The number of carbonyl (C=O) groups is 1. The van der Waals surface area contributed by atoms with E-state index in [2.05, 4.69) is 0 Å². The number of carbonyl (C=O) groups excluding carboxylic acids is 1. The molecule has 0 spiro atoms. The number of hydrogen-bond donors (Lipinski definition) is 0. The standard InChI is InChI=1S/C14H19FO3/c1-5-9(6-2)14(16)10-7-12(17-3)13(18-4)8-11(10)15/h7-9H,5-6H2,1-4H3. The van der Waals surface area contributed by atoms with Gasteiger partial charge in [-0.25, -0.2) is 4.39 Å². The summed E-state index contributed by atoms with van der Waals surface area (Å²) in [5, 5.41) is 0. The number of ether oxygens (including phenoxy) is 2. The molecule has 0 amide bonds. The Labute approximate surface area is 107 Å². The van der Waals surface area contributed by atoms with Crippen molar-refractivity contribution in [3.8, 4) is 11.5 Å². The Balaban J connectivity index is 3.20. The molecule has 1 rings (SSSR count). The Morgan fingerprint density at radius 2 is 1.67 bits per heavy atom. The molecule has 0 N–H and O–H groups in total. The zero-order valence-electron chi connectivity index (χ0n) is 11.2. The minimum absolute atomic E-state index is 0.0707. The smallest absolute Gasteiger partial charge is 0.169 e. The molecule has 100 valence electrons. The number of halogens is 1. The lowest BCUT2D eigenvalue weighted by Crippen LogP contribution is -2.15. The van der Waals surface area contributed by atoms with E-state index in [1.807, 2.05) is 13.8 Å². The van der Waals surface area contributed by atoms with Gasteiger partial charge in [0.1, 0.15) is 5.82 Å². The third kappa shape index (κ3) is 2.81. The van der Waals surface area contributed by atoms with Crippen LogP contribution in [0.25, 0.3) is 0 Å². The fourth-order valence-corrected chi connectivity index (χ4v) is 1.92. The molecule has 0 aliphatic heterocycles. The summed E-state index contributed by atoms with van der Waals surface area (Å²) in [5.41, 5.74) is 0.0707. The number of ketones is 1. The van der Waals surface area contributed by atoms with E-state index in [0.29, 0.717) is 18.6 Å². The first-order chi connectivity index (χ1) is 8.58. The maximum atomic E-state index is 13.9. The molecule has 0 unspecified atom stereocenters. The summed E-state index contributed by atoms with van der Waals surface area (Å²) in [5.74, 6) is -0.245. The first-order valence-electron chi connectivity index (χ1n) is 6.04. The predicted octanol–water partition coefficient (Wildman–Crippen LogP) is 3.46. The summed E-state index contributed by atoms with van der Waals surface area (Å²) in [7, 11) is 2.89. The van der Waals surface area contributed by atoms with Crippen LogP contribution in [0.1, 0.15) is 37.0 Å². The van der Waals surface area contributed by atoms with Crippen LogP contribution in [0, 0.1) is 11.7 Å². The van der Waals surface area contributed by atoms with Gasteiger partial charge in [-0.15, -0.1) is 0 Å². The van der Waals surface area contributed by atoms with Gasteiger partial charge in [-0.3, -0.25) is 4.79 Å². The van der Waals surface area contributed by atoms with Gasteiger partial charge >= 0.3 is 0 Å². The summed E-state index contributed by atoms with van der Waals surface area (Å²) in [6, 6.07) is 2.60. The fourth-order valence-electron chi connectivity index (χ4n) is 1.92. The molecule has 4 heteroatoms. The minimum atomic E-state index is -0.565. The van der Waals surface area contributed by atoms with E-state index in [1.54, 1.807) is 0 Å². The zero-order valence-corrected chi connectivity index (χ0v) is 11.2. The highest BCUT2D eigenvalue weighted by molar-refractivity contribution is 5.98. The van der Waals surface area contributed by atoms with Crippen molar-refractivity contribution in [3.05, 3.63) is 23.5 Å². The van der Waals surface area contributed by atoms with Gasteiger partial charge in [-0.2, -0.15) is 0 Å². The molecular formula is C14H19FO3. The van der Waals surface area contributed by atoms with Crippen LogP contribution in [0.15, 0.2) is 12.1 Å². The molecule has 0 saturated heterocycles. The normalized spacial score (nSPS) is 10.6. The van der Waals surface area contributed by atoms with Gasteiger partial charge in [0.25, 0.3) is 0 Å². The van der Waals surface area contributed by atoms with Crippen molar-refractivity contribution in [2.45, 2.75) is 26.7 Å². The molecule has 0 fully saturated rings. The Hall–Kier alpha value is -1.58. The lowest BCUT2D eigenvalue weighted by atomic mass is 9.92. The largest absolute Gasteiger partial charge is 0.493 e. The molecule has 0 aliphatic rings. The van der Waals surface area contributed by atoms with E-state index in [9.17, 15) is 9.18 Å². The Morgan fingerprint density at radius 1 is 1.17 bits per heavy atom. The van der Waals surface area contributed by atoms with Crippen molar-refractivity contribution < 1.29 is 18.7 Å². The second-order valence-electron chi connectivity index (χ2n) is 4.06. The number of hydrogen-bond acceptors (Lipinski definition) is 3. The second kappa shape index (κ2) is 6.38. The Morgan fingerprint density at radius 3 is 2.11 bits per heavy atom. The van der Waals surface area contributed by atoms with Gasteiger partial charge in [0.05, 0.1) is 19.8 Å². The molecule has 0 heterocycles. The van der Waals surface area contributed by atoms with Crippen molar-refractivity contribution in [1.29, 1.82) is 0 Å². The van der Waals surface area contributed by atoms with Crippen LogP contribution in [0.4, 0.5) is 4.39 Å². The van der Waals surface area contributed by atoms with Crippen molar-refractivity contribution in [3.63, 3.8) is 0 Å². The zero-order chi connectivity index (χ0) is 13.7. The van der Waals surface area contributed by atoms with Crippen LogP contribution in [0.5, 0.6) is 11.5 Å². The molecule has 0 radical (unpaired) electrons. The van der Waals surface area contributed by atoms with E-state index in [4.69, 9.17) is 9.47 Å². The van der Waals surface area contributed by atoms with Crippen LogP contribution in [-0.2, 0) is 0 Å². The van der Waals surface area contributed by atoms with Gasteiger partial charge in [0.15, 0.2) is 17.3 Å². The van der Waals surface area contributed by atoms with Crippen molar-refractivity contribution in [2.75, 3.05) is 14.2 Å². The fraction of sp³-hybridized carbons (Fsp3) is 0.500. The summed E-state index contributed by atoms with van der Waals surface area (Å²) in [6.45, 7) is 3.84. The molecule has 0 saturated carbocycles. The average molecular weight is 254 g/mol. The molecule has 3 nitrogen and oxygen atoms in total. The van der Waals surface area contributed by atoms with Crippen LogP contribution < -0.4 is 9.47 Å². The quantitative estimate of drug-likeness (QED) is 0.729. The van der Waals surface area contributed by atoms with Gasteiger partial charge in [-0.05, 0) is 18.9 Å². The number of rotatable bonds is 6. The highest BCUT2D eigenvalue weighted by Crippen LogP contribution is 2.31. The highest BCUT2D eigenvalue weighted by Gasteiger charge is 2.22. The highest BCUT2D eigenvalue weighted by atomic mass is 19.1. The van der Waals surface area contributed by atoms with Crippen LogP contribution in [-0.4, -0.2) is 20.0 Å². The van der Waals surface area contributed by atoms with Gasteiger partial charge < -0.3 is 9.47 Å². The first kappa shape index (κ1) is 14.5. The van der Waals surface area contributed by atoms with E-state index in [0.717, 1.165) is 0 Å². The minimum Gasteiger partial charge on any atom is -0.493 e. The number of methoxy groups -OCH3 is 2. The average Bonchev–Trinajstić information content (AvgIpc) is 2.39. The summed E-state index contributed by atoms with van der Waals surface area (Å²) >= 11 is 0. The molecule has 0 aromatic heterocycles. The van der Waals surface area contributed by atoms with Crippen LogP contribution >= 0.6 is 0 Å². The van der Waals surface area contributed by atoms with E-state index >= 15 is 0 Å². The van der Waals surface area contributed by atoms with Crippen molar-refractivity contribution >= 4 is 5.78 Å². The second-order valence-corrected chi connectivity index (χ2v) is 4.06. The van der Waals surface area contributed by atoms with Crippen molar-refractivity contribution in [2.24, 2.45) is 5.92 Å². The summed E-state index contributed by atoms with van der Waals surface area (Å²) in [4.78, 5) is 12.2. The van der Waals surface area contributed by atoms with Crippen LogP contribution in [0.3, 0.4) is 0 Å². The molecule has 18 heavy (non-hydrogen) atoms. The summed E-state index contributed by atoms with van der Waals surface area (Å²) in [6.07, 6.45) is 1.40. The van der Waals surface area contributed by atoms with Gasteiger partial charge in [0, 0.05) is 12.0 Å².